The van der Waals surface area contributed by atoms with Crippen molar-refractivity contribution in [3.8, 4) is 23.3 Å². The van der Waals surface area contributed by atoms with Crippen LogP contribution in [0.3, 0.4) is 0 Å². The fraction of sp³-hybridized carbons (Fsp3) is 0.207. The Kier molecular flexibility index (Phi) is 10.3. The monoisotopic (exact) mass is 518 g/mol. The molecule has 0 bridgehead atoms. The minimum atomic E-state index is -1.05. The first-order chi connectivity index (χ1) is 18.4. The Hall–Kier alpha value is -4.84. The van der Waals surface area contributed by atoms with Gasteiger partial charge in [-0.15, -0.1) is 0 Å². The van der Waals surface area contributed by atoms with E-state index in [-0.39, 0.29) is 19.0 Å². The molecule has 0 aromatic heterocycles. The van der Waals surface area contributed by atoms with Crippen LogP contribution in [-0.4, -0.2) is 37.8 Å². The number of esters is 1. The van der Waals surface area contributed by atoms with Crippen LogP contribution in [0.4, 0.5) is 10.1 Å². The zero-order valence-electron chi connectivity index (χ0n) is 21.0. The van der Waals surface area contributed by atoms with Gasteiger partial charge >= 0.3 is 5.97 Å². The summed E-state index contributed by atoms with van der Waals surface area (Å²) >= 11 is 0. The van der Waals surface area contributed by atoms with E-state index in [1.165, 1.54) is 49.4 Å². The Morgan fingerprint density at radius 1 is 1.00 bits per heavy atom. The number of halogens is 1. The topological polar surface area (TPSA) is 107 Å². The molecule has 0 spiro atoms. The maximum Gasteiger partial charge on any atom is 0.331 e. The molecule has 0 radical (unpaired) electrons. The molecule has 0 saturated carbocycles. The number of nitriles is 1. The molecule has 0 fully saturated rings. The fourth-order valence-electron chi connectivity index (χ4n) is 3.20. The second-order valence-corrected chi connectivity index (χ2v) is 7.88. The third-order valence-electron chi connectivity index (χ3n) is 5.02. The number of carbonyl (C=O) groups is 2. The Bertz CT molecular complexity index is 1320. The minimum absolute atomic E-state index is 0.236. The van der Waals surface area contributed by atoms with Crippen molar-refractivity contribution in [2.24, 2.45) is 0 Å². The molecule has 0 aliphatic rings. The summed E-state index contributed by atoms with van der Waals surface area (Å²) in [5.74, 6) is -0.0408. The van der Waals surface area contributed by atoms with Crippen molar-refractivity contribution in [1.82, 2.24) is 0 Å². The molecule has 1 atom stereocenters. The van der Waals surface area contributed by atoms with Crippen molar-refractivity contribution in [3.05, 3.63) is 89.8 Å². The summed E-state index contributed by atoms with van der Waals surface area (Å²) in [6, 6.07) is 19.3. The second kappa shape index (κ2) is 14.0. The lowest BCUT2D eigenvalue weighted by Crippen LogP contribution is -2.29. The van der Waals surface area contributed by atoms with Gasteiger partial charge in [-0.05, 0) is 80.1 Å². The summed E-state index contributed by atoms with van der Waals surface area (Å²) in [5.41, 5.74) is 1.49. The van der Waals surface area contributed by atoms with Gasteiger partial charge < -0.3 is 24.3 Å². The highest BCUT2D eigenvalue weighted by Crippen LogP contribution is 2.29. The fourth-order valence-corrected chi connectivity index (χ4v) is 3.20. The van der Waals surface area contributed by atoms with E-state index in [0.29, 0.717) is 40.7 Å². The molecule has 38 heavy (non-hydrogen) atoms. The molecule has 1 unspecified atom stereocenters. The zero-order valence-corrected chi connectivity index (χ0v) is 21.0. The van der Waals surface area contributed by atoms with Crippen molar-refractivity contribution < 1.29 is 32.9 Å². The third kappa shape index (κ3) is 8.68. The molecule has 3 aromatic carbocycles. The third-order valence-corrected chi connectivity index (χ3v) is 5.02. The van der Waals surface area contributed by atoms with Gasteiger partial charge in [-0.25, -0.2) is 9.18 Å². The highest BCUT2D eigenvalue weighted by molar-refractivity contribution is 5.96. The number of amides is 1. The van der Waals surface area contributed by atoms with Crippen LogP contribution in [0.5, 0.6) is 17.2 Å². The Morgan fingerprint density at radius 2 is 1.76 bits per heavy atom. The van der Waals surface area contributed by atoms with Crippen LogP contribution in [0.2, 0.25) is 0 Å². The number of benzene rings is 3. The normalized spacial score (nSPS) is 11.3. The van der Waals surface area contributed by atoms with Crippen LogP contribution in [0, 0.1) is 17.1 Å². The number of carbonyl (C=O) groups excluding carboxylic acids is 2. The predicted molar refractivity (Wildman–Crippen MR) is 139 cm³/mol. The summed E-state index contributed by atoms with van der Waals surface area (Å²) in [4.78, 5) is 24.6. The molecule has 3 aromatic rings. The second-order valence-electron chi connectivity index (χ2n) is 7.88. The summed E-state index contributed by atoms with van der Waals surface area (Å²) in [5, 5.41) is 11.6. The average molecular weight is 519 g/mol. The Morgan fingerprint density at radius 3 is 2.50 bits per heavy atom. The van der Waals surface area contributed by atoms with Gasteiger partial charge in [-0.2, -0.15) is 5.26 Å². The van der Waals surface area contributed by atoms with E-state index in [0.717, 1.165) is 0 Å². The number of nitrogens with one attached hydrogen (secondary N) is 1. The molecule has 196 valence electrons. The van der Waals surface area contributed by atoms with Crippen molar-refractivity contribution in [1.29, 1.82) is 5.26 Å². The lowest BCUT2D eigenvalue weighted by molar-refractivity contribution is -0.148. The molecule has 9 heteroatoms. The Balaban J connectivity index is 1.52. The van der Waals surface area contributed by atoms with Crippen molar-refractivity contribution >= 4 is 23.6 Å². The van der Waals surface area contributed by atoms with E-state index in [1.807, 2.05) is 13.0 Å². The first-order valence-electron chi connectivity index (χ1n) is 11.9. The lowest BCUT2D eigenvalue weighted by Gasteiger charge is -2.13. The molecule has 0 heterocycles. The van der Waals surface area contributed by atoms with Crippen LogP contribution in [0.15, 0.2) is 72.8 Å². The van der Waals surface area contributed by atoms with Crippen molar-refractivity contribution in [2.75, 3.05) is 25.1 Å². The van der Waals surface area contributed by atoms with Crippen LogP contribution in [0.1, 0.15) is 25.0 Å². The molecule has 1 amide bonds. The van der Waals surface area contributed by atoms with Crippen molar-refractivity contribution in [2.45, 2.75) is 20.0 Å². The first-order valence-corrected chi connectivity index (χ1v) is 11.9. The molecule has 0 saturated heterocycles. The molecular formula is C29H27FN2O6. The van der Waals surface area contributed by atoms with Gasteiger partial charge in [0, 0.05) is 11.8 Å². The minimum Gasteiger partial charge on any atom is -0.490 e. The molecule has 3 rings (SSSR count). The van der Waals surface area contributed by atoms with Gasteiger partial charge in [0.25, 0.3) is 5.91 Å². The molecule has 0 aliphatic carbocycles. The van der Waals surface area contributed by atoms with Gasteiger partial charge in [0.15, 0.2) is 17.6 Å². The SMILES string of the molecule is CCOc1cc(C=CC(=O)OC(C)C(=O)Nc2cccc(C#N)c2)ccc1OCCOc1ccc(F)cc1. The van der Waals surface area contributed by atoms with Gasteiger partial charge in [-0.3, -0.25) is 4.79 Å². The number of hydrogen-bond donors (Lipinski definition) is 1. The van der Waals surface area contributed by atoms with Crippen molar-refractivity contribution in [3.63, 3.8) is 0 Å². The molecule has 1 N–H and O–H groups in total. The number of nitrogens with zero attached hydrogens (tertiary/aromatic N) is 1. The van der Waals surface area contributed by atoms with Crippen LogP contribution >= 0.6 is 0 Å². The number of hydrogen-bond acceptors (Lipinski definition) is 7. The predicted octanol–water partition coefficient (Wildman–Crippen LogP) is 5.14. The molecular weight excluding hydrogens is 491 g/mol. The van der Waals surface area contributed by atoms with E-state index in [9.17, 15) is 14.0 Å². The van der Waals surface area contributed by atoms with E-state index in [2.05, 4.69) is 5.32 Å². The van der Waals surface area contributed by atoms with E-state index in [4.69, 9.17) is 24.2 Å². The van der Waals surface area contributed by atoms with Crippen LogP contribution < -0.4 is 19.5 Å². The summed E-state index contributed by atoms with van der Waals surface area (Å²) in [7, 11) is 0. The highest BCUT2D eigenvalue weighted by Gasteiger charge is 2.17. The first kappa shape index (κ1) is 27.7. The average Bonchev–Trinajstić information content (AvgIpc) is 2.92. The summed E-state index contributed by atoms with van der Waals surface area (Å²) < 4.78 is 35.1. The standard InChI is InChI=1S/C29H27FN2O6/c1-3-35-27-18-21(7-13-26(27)37-16-15-36-25-11-9-23(30)10-12-25)8-14-28(33)38-20(2)29(34)32-24-6-4-5-22(17-24)19-31/h4-14,17-18,20H,3,15-16H2,1-2H3,(H,32,34). The summed E-state index contributed by atoms with van der Waals surface area (Å²) in [6.45, 7) is 4.18. The van der Waals surface area contributed by atoms with E-state index >= 15 is 0 Å². The highest BCUT2D eigenvalue weighted by atomic mass is 19.1. The van der Waals surface area contributed by atoms with E-state index in [1.54, 1.807) is 36.4 Å². The number of rotatable bonds is 12. The Labute approximate surface area is 220 Å². The van der Waals surface area contributed by atoms with Crippen LogP contribution in [-0.2, 0) is 14.3 Å². The molecule has 0 aliphatic heterocycles. The van der Waals surface area contributed by atoms with Gasteiger partial charge in [0.2, 0.25) is 0 Å². The smallest absolute Gasteiger partial charge is 0.331 e. The lowest BCUT2D eigenvalue weighted by atomic mass is 10.2. The number of anilines is 1. The van der Waals surface area contributed by atoms with Gasteiger partial charge in [-0.1, -0.05) is 12.1 Å². The maximum atomic E-state index is 13.0. The zero-order chi connectivity index (χ0) is 27.3. The number of ether oxygens (including phenoxy) is 4. The summed E-state index contributed by atoms with van der Waals surface area (Å²) in [6.07, 6.45) is 1.69. The van der Waals surface area contributed by atoms with Gasteiger partial charge in [0.05, 0.1) is 18.2 Å². The van der Waals surface area contributed by atoms with E-state index < -0.39 is 18.0 Å². The quantitative estimate of drug-likeness (QED) is 0.201. The van der Waals surface area contributed by atoms with Crippen LogP contribution in [0.25, 0.3) is 6.08 Å². The maximum absolute atomic E-state index is 13.0. The largest absolute Gasteiger partial charge is 0.490 e. The molecule has 8 nitrogen and oxygen atoms in total. The van der Waals surface area contributed by atoms with Gasteiger partial charge in [0.1, 0.15) is 24.8 Å².